The van der Waals surface area contributed by atoms with Gasteiger partial charge in [0.1, 0.15) is 19.8 Å². The molecule has 0 bridgehead atoms. The zero-order chi connectivity index (χ0) is 71.1. The van der Waals surface area contributed by atoms with E-state index in [9.17, 15) is 19.0 Å². The van der Waals surface area contributed by atoms with Crippen molar-refractivity contribution in [3.8, 4) is 0 Å². The zero-order valence-electron chi connectivity index (χ0n) is 64.5. The molecule has 0 aromatic rings. The number of ether oxygens (including phenoxy) is 2. The topological polar surface area (TPSA) is 111 Å². The maximum atomic E-state index is 12.9. The Morgan fingerprint density at radius 3 is 0.816 bits per heavy atom. The molecule has 0 aliphatic rings. The maximum absolute atomic E-state index is 12.9. The number of carbonyl (C=O) groups excluding carboxylic acids is 2. The van der Waals surface area contributed by atoms with Gasteiger partial charge in [-0.05, 0) is 109 Å². The summed E-state index contributed by atoms with van der Waals surface area (Å²) in [6.45, 7) is 4.05. The van der Waals surface area contributed by atoms with E-state index in [1.165, 1.54) is 218 Å². The Kier molecular flexibility index (Phi) is 74.3. The van der Waals surface area contributed by atoms with Crippen LogP contribution in [0.25, 0.3) is 0 Å². The summed E-state index contributed by atoms with van der Waals surface area (Å²) in [4.78, 5) is 38.2. The minimum Gasteiger partial charge on any atom is -0.756 e. The number of hydrogen-bond donors (Lipinski definition) is 0. The Labute approximate surface area is 606 Å². The monoisotopic (exact) mass is 1380 g/mol. The van der Waals surface area contributed by atoms with Gasteiger partial charge in [0.25, 0.3) is 7.82 Å². The van der Waals surface area contributed by atoms with E-state index in [1.54, 1.807) is 0 Å². The second kappa shape index (κ2) is 77.3. The van der Waals surface area contributed by atoms with Crippen molar-refractivity contribution in [2.75, 3.05) is 47.5 Å². The molecule has 2 atom stereocenters. The second-order valence-electron chi connectivity index (χ2n) is 28.4. The molecule has 564 valence electrons. The molecule has 0 N–H and O–H groups in total. The molecule has 0 spiro atoms. The summed E-state index contributed by atoms with van der Waals surface area (Å²) >= 11 is 0. The van der Waals surface area contributed by atoms with Crippen LogP contribution in [0.1, 0.15) is 361 Å². The lowest BCUT2D eigenvalue weighted by Gasteiger charge is -2.28. The molecule has 0 aromatic carbocycles. The fourth-order valence-corrected chi connectivity index (χ4v) is 12.2. The van der Waals surface area contributed by atoms with Crippen molar-refractivity contribution in [2.45, 2.75) is 367 Å². The van der Waals surface area contributed by atoms with Gasteiger partial charge in [-0.15, -0.1) is 0 Å². The third kappa shape index (κ3) is 81.1. The van der Waals surface area contributed by atoms with Crippen molar-refractivity contribution in [1.82, 2.24) is 0 Å². The van der Waals surface area contributed by atoms with Crippen LogP contribution in [0.2, 0.25) is 0 Å². The standard InChI is InChI=1S/C88H154NO8P/c1-6-8-10-12-14-16-18-20-22-24-26-28-30-32-34-36-38-40-42-43-44-45-47-49-51-53-55-57-59-61-63-65-67-69-71-73-75-77-79-81-88(91)97-86(85-96-98(92,93)95-83-82-89(3,4)5)84-94-87(90)80-78-76-74-72-70-68-66-64-62-60-58-56-54-52-50-48-46-41-39-37-35-33-31-29-27-25-23-21-19-17-15-13-11-9-7-2/h8-11,14-17,20-23,26-29,32-35,38,40,86H,6-7,12-13,18-19,24-25,30-31,36-37,39,41-85H2,1-5H3/b10-8-,11-9-,16-14-,17-15-,22-20-,23-21-,28-26-,29-27-,34-32-,35-33-,40-38-. The number of allylic oxidation sites excluding steroid dienone is 22. The molecule has 9 nitrogen and oxygen atoms in total. The zero-order valence-corrected chi connectivity index (χ0v) is 65.3. The number of unbranched alkanes of at least 4 members (excludes halogenated alkanes) is 39. The molecule has 0 saturated heterocycles. The van der Waals surface area contributed by atoms with Crippen molar-refractivity contribution >= 4 is 19.8 Å². The fourth-order valence-electron chi connectivity index (χ4n) is 11.5. The lowest BCUT2D eigenvalue weighted by molar-refractivity contribution is -0.870. The van der Waals surface area contributed by atoms with Gasteiger partial charge in [0.15, 0.2) is 6.10 Å². The van der Waals surface area contributed by atoms with E-state index in [4.69, 9.17) is 18.5 Å². The first-order valence-electron chi connectivity index (χ1n) is 40.9. The van der Waals surface area contributed by atoms with Gasteiger partial charge in [0, 0.05) is 12.8 Å². The first kappa shape index (κ1) is 94.2. The molecule has 0 aromatic heterocycles. The van der Waals surface area contributed by atoms with Crippen LogP contribution in [0.15, 0.2) is 134 Å². The number of esters is 2. The summed E-state index contributed by atoms with van der Waals surface area (Å²) in [5.74, 6) is -0.820. The van der Waals surface area contributed by atoms with Gasteiger partial charge in [-0.2, -0.15) is 0 Å². The van der Waals surface area contributed by atoms with Crippen LogP contribution in [0.3, 0.4) is 0 Å². The summed E-state index contributed by atoms with van der Waals surface area (Å²) in [6.07, 6.45) is 113. The number of carbonyl (C=O) groups is 2. The van der Waals surface area contributed by atoms with E-state index in [1.807, 2.05) is 21.1 Å². The first-order chi connectivity index (χ1) is 48.0. The summed E-state index contributed by atoms with van der Waals surface area (Å²) in [6, 6.07) is 0. The highest BCUT2D eigenvalue weighted by atomic mass is 31.2. The predicted octanol–water partition coefficient (Wildman–Crippen LogP) is 26.9. The molecule has 0 heterocycles. The second-order valence-corrected chi connectivity index (χ2v) is 29.8. The number of likely N-dealkylation sites (N-methyl/N-ethyl adjacent to an activating group) is 1. The van der Waals surface area contributed by atoms with Crippen molar-refractivity contribution in [1.29, 1.82) is 0 Å². The van der Waals surface area contributed by atoms with E-state index < -0.39 is 26.5 Å². The summed E-state index contributed by atoms with van der Waals surface area (Å²) in [5, 5.41) is 0. The number of quaternary nitrogens is 1. The SMILES string of the molecule is CC/C=C\C/C=C\C/C=C\C/C=C\C/C=C\C/C=C\CCCCCCCCCCCCCCCCCCCCCCC(=O)OC(COC(=O)CCCCCCCCCCCCCCCCCCCCC/C=C\C/C=C\C/C=C\C/C=C\C/C=C\CC)COP(=O)([O-])OCC[N+](C)(C)C. The van der Waals surface area contributed by atoms with Crippen LogP contribution in [0, 0.1) is 0 Å². The third-order valence-electron chi connectivity index (χ3n) is 17.7. The summed E-state index contributed by atoms with van der Waals surface area (Å²) < 4.78 is 34.4. The van der Waals surface area contributed by atoms with Crippen LogP contribution < -0.4 is 4.89 Å². The Morgan fingerprint density at radius 1 is 0.316 bits per heavy atom. The first-order valence-corrected chi connectivity index (χ1v) is 42.4. The molecule has 0 rings (SSSR count). The Bertz CT molecular complexity index is 2120. The van der Waals surface area contributed by atoms with Gasteiger partial charge in [-0.1, -0.05) is 372 Å². The highest BCUT2D eigenvalue weighted by Gasteiger charge is 2.22. The van der Waals surface area contributed by atoms with Crippen LogP contribution in [-0.4, -0.2) is 70.0 Å². The number of phosphoric acid groups is 1. The molecule has 0 aliphatic carbocycles. The lowest BCUT2D eigenvalue weighted by Crippen LogP contribution is -2.37. The highest BCUT2D eigenvalue weighted by molar-refractivity contribution is 7.45. The molecule has 0 saturated carbocycles. The maximum Gasteiger partial charge on any atom is 0.306 e. The third-order valence-corrected chi connectivity index (χ3v) is 18.6. The number of nitrogens with zero attached hydrogens (tertiary/aromatic N) is 1. The molecule has 98 heavy (non-hydrogen) atoms. The fraction of sp³-hybridized carbons (Fsp3) is 0.727. The average molecular weight is 1390 g/mol. The summed E-state index contributed by atoms with van der Waals surface area (Å²) in [5.41, 5.74) is 0. The van der Waals surface area contributed by atoms with Crippen molar-refractivity contribution < 1.29 is 42.1 Å². The van der Waals surface area contributed by atoms with Gasteiger partial charge in [0.05, 0.1) is 27.7 Å². The molecule has 0 radical (unpaired) electrons. The van der Waals surface area contributed by atoms with Crippen molar-refractivity contribution in [3.63, 3.8) is 0 Å². The van der Waals surface area contributed by atoms with Gasteiger partial charge >= 0.3 is 11.9 Å². The van der Waals surface area contributed by atoms with E-state index >= 15 is 0 Å². The number of hydrogen-bond acceptors (Lipinski definition) is 8. The van der Waals surface area contributed by atoms with E-state index in [0.29, 0.717) is 17.4 Å². The Hall–Kier alpha value is -3.85. The molecule has 0 amide bonds. The van der Waals surface area contributed by atoms with Gasteiger partial charge < -0.3 is 27.9 Å². The number of rotatable bonds is 75. The molecule has 10 heteroatoms. The average Bonchev–Trinajstić information content (AvgIpc) is 1.23. The van der Waals surface area contributed by atoms with Gasteiger partial charge in [-0.25, -0.2) is 0 Å². The normalized spacial score (nSPS) is 13.7. The molecule has 0 aliphatic heterocycles. The van der Waals surface area contributed by atoms with Crippen molar-refractivity contribution in [3.05, 3.63) is 134 Å². The smallest absolute Gasteiger partial charge is 0.306 e. The van der Waals surface area contributed by atoms with Gasteiger partial charge in [-0.3, -0.25) is 14.2 Å². The molecular weight excluding hydrogens is 1230 g/mol. The molecular formula is C88H154NO8P. The van der Waals surface area contributed by atoms with Gasteiger partial charge in [0.2, 0.25) is 0 Å². The highest BCUT2D eigenvalue weighted by Crippen LogP contribution is 2.38. The summed E-state index contributed by atoms with van der Waals surface area (Å²) in [7, 11) is 1.17. The quantitative estimate of drug-likeness (QED) is 0.0195. The largest absolute Gasteiger partial charge is 0.756 e. The number of phosphoric ester groups is 1. The van der Waals surface area contributed by atoms with Crippen LogP contribution in [0.5, 0.6) is 0 Å². The van der Waals surface area contributed by atoms with Crippen molar-refractivity contribution in [2.24, 2.45) is 0 Å². The van der Waals surface area contributed by atoms with Crippen LogP contribution in [-0.2, 0) is 32.7 Å². The predicted molar refractivity (Wildman–Crippen MR) is 424 cm³/mol. The molecule has 0 fully saturated rings. The molecule has 2 unspecified atom stereocenters. The minimum absolute atomic E-state index is 0.0324. The van der Waals surface area contributed by atoms with E-state index in [0.717, 1.165) is 109 Å². The van der Waals surface area contributed by atoms with E-state index in [-0.39, 0.29) is 32.0 Å². The van der Waals surface area contributed by atoms with Crippen LogP contribution >= 0.6 is 7.82 Å². The van der Waals surface area contributed by atoms with E-state index in [2.05, 4.69) is 148 Å². The Balaban J connectivity index is 3.94. The minimum atomic E-state index is -4.65. The van der Waals surface area contributed by atoms with Crippen LogP contribution in [0.4, 0.5) is 0 Å². The lowest BCUT2D eigenvalue weighted by atomic mass is 10.0. The Morgan fingerprint density at radius 2 is 0.551 bits per heavy atom.